The summed E-state index contributed by atoms with van der Waals surface area (Å²) in [7, 11) is 1.99. The zero-order valence-electron chi connectivity index (χ0n) is 10.5. The molecule has 0 aromatic carbocycles. The number of hydrogen-bond acceptors (Lipinski definition) is 3. The second-order valence-corrected chi connectivity index (χ2v) is 4.62. The lowest BCUT2D eigenvalue weighted by Crippen LogP contribution is -2.35. The summed E-state index contributed by atoms with van der Waals surface area (Å²) in [6.07, 6.45) is 4.62. The van der Waals surface area contributed by atoms with E-state index in [0.717, 1.165) is 12.6 Å². The molecule has 1 fully saturated rings. The van der Waals surface area contributed by atoms with Crippen LogP contribution in [-0.2, 0) is 7.05 Å². The number of hydrogen-bond donors (Lipinski definition) is 1. The average molecular weight is 222 g/mol. The van der Waals surface area contributed by atoms with Gasteiger partial charge in [-0.1, -0.05) is 6.92 Å². The molecule has 1 unspecified atom stereocenters. The van der Waals surface area contributed by atoms with E-state index in [4.69, 9.17) is 5.73 Å². The highest BCUT2D eigenvalue weighted by Crippen LogP contribution is 2.34. The fraction of sp³-hybridized carbons (Fsp3) is 0.750. The molecule has 1 saturated carbocycles. The van der Waals surface area contributed by atoms with Gasteiger partial charge in [0.15, 0.2) is 0 Å². The van der Waals surface area contributed by atoms with Crippen molar-refractivity contribution in [2.75, 3.05) is 13.1 Å². The van der Waals surface area contributed by atoms with Crippen molar-refractivity contribution in [2.24, 2.45) is 12.8 Å². The third-order valence-corrected chi connectivity index (χ3v) is 3.64. The molecular weight excluding hydrogens is 200 g/mol. The summed E-state index contributed by atoms with van der Waals surface area (Å²) in [5.41, 5.74) is 8.47. The lowest BCUT2D eigenvalue weighted by Gasteiger charge is -2.29. The minimum absolute atomic E-state index is 0.339. The Bertz CT molecular complexity index is 354. The second kappa shape index (κ2) is 4.55. The Morgan fingerprint density at radius 2 is 2.31 bits per heavy atom. The van der Waals surface area contributed by atoms with E-state index in [1.54, 1.807) is 0 Å². The van der Waals surface area contributed by atoms with Gasteiger partial charge in [0.2, 0.25) is 0 Å². The molecule has 2 rings (SSSR count). The van der Waals surface area contributed by atoms with Gasteiger partial charge in [-0.15, -0.1) is 0 Å². The molecule has 0 amide bonds. The maximum atomic E-state index is 5.95. The molecule has 90 valence electrons. The van der Waals surface area contributed by atoms with Crippen molar-refractivity contribution in [1.29, 1.82) is 0 Å². The molecule has 1 aromatic rings. The molecule has 0 saturated heterocycles. The Morgan fingerprint density at radius 3 is 2.69 bits per heavy atom. The van der Waals surface area contributed by atoms with Crippen LogP contribution in [0.3, 0.4) is 0 Å². The van der Waals surface area contributed by atoms with E-state index < -0.39 is 0 Å². The fourth-order valence-corrected chi connectivity index (χ4v) is 2.42. The third kappa shape index (κ3) is 1.99. The molecule has 0 aliphatic heterocycles. The van der Waals surface area contributed by atoms with Crippen molar-refractivity contribution in [2.45, 2.75) is 38.8 Å². The van der Waals surface area contributed by atoms with E-state index in [2.05, 4.69) is 23.8 Å². The Labute approximate surface area is 97.4 Å². The van der Waals surface area contributed by atoms with E-state index in [1.807, 2.05) is 17.9 Å². The molecule has 0 radical (unpaired) electrons. The van der Waals surface area contributed by atoms with Crippen LogP contribution in [0.5, 0.6) is 0 Å². The van der Waals surface area contributed by atoms with Crippen molar-refractivity contribution in [1.82, 2.24) is 14.7 Å². The third-order valence-electron chi connectivity index (χ3n) is 3.64. The summed E-state index contributed by atoms with van der Waals surface area (Å²) in [6, 6.07) is 1.09. The number of aryl methyl sites for hydroxylation is 1. The number of rotatable bonds is 5. The predicted molar refractivity (Wildman–Crippen MR) is 65.1 cm³/mol. The molecule has 1 aliphatic carbocycles. The summed E-state index contributed by atoms with van der Waals surface area (Å²) >= 11 is 0. The van der Waals surface area contributed by atoms with Crippen LogP contribution in [-0.4, -0.2) is 33.8 Å². The van der Waals surface area contributed by atoms with Gasteiger partial charge >= 0.3 is 0 Å². The Kier molecular flexibility index (Phi) is 3.30. The number of aromatic nitrogens is 2. The zero-order valence-corrected chi connectivity index (χ0v) is 10.5. The van der Waals surface area contributed by atoms with Gasteiger partial charge in [0.1, 0.15) is 0 Å². The summed E-state index contributed by atoms with van der Waals surface area (Å²) < 4.78 is 1.93. The maximum absolute atomic E-state index is 5.95. The lowest BCUT2D eigenvalue weighted by atomic mass is 10.1. The first-order valence-electron chi connectivity index (χ1n) is 6.13. The van der Waals surface area contributed by atoms with Crippen LogP contribution in [0.1, 0.15) is 37.1 Å². The van der Waals surface area contributed by atoms with Crippen molar-refractivity contribution in [3.05, 3.63) is 17.5 Å². The number of nitrogens with two attached hydrogens (primary N) is 1. The molecule has 1 aliphatic rings. The maximum Gasteiger partial charge on any atom is 0.0540 e. The first-order chi connectivity index (χ1) is 7.69. The quantitative estimate of drug-likeness (QED) is 0.814. The van der Waals surface area contributed by atoms with Gasteiger partial charge in [-0.25, -0.2) is 0 Å². The number of likely N-dealkylation sites (N-methyl/N-ethyl adjacent to an activating group) is 1. The topological polar surface area (TPSA) is 47.1 Å². The molecule has 4 nitrogen and oxygen atoms in total. The highest BCUT2D eigenvalue weighted by atomic mass is 15.3. The normalized spacial score (nSPS) is 18.1. The van der Waals surface area contributed by atoms with Crippen LogP contribution in [0, 0.1) is 6.92 Å². The van der Waals surface area contributed by atoms with Crippen molar-refractivity contribution in [3.63, 3.8) is 0 Å². The van der Waals surface area contributed by atoms with Crippen LogP contribution < -0.4 is 5.73 Å². The molecule has 1 aromatic heterocycles. The van der Waals surface area contributed by atoms with Crippen molar-refractivity contribution >= 4 is 0 Å². The highest BCUT2D eigenvalue weighted by molar-refractivity contribution is 5.21. The van der Waals surface area contributed by atoms with Gasteiger partial charge in [-0.3, -0.25) is 9.58 Å². The molecule has 0 spiro atoms. The Balaban J connectivity index is 2.23. The van der Waals surface area contributed by atoms with E-state index >= 15 is 0 Å². The van der Waals surface area contributed by atoms with Crippen molar-refractivity contribution < 1.29 is 0 Å². The minimum atomic E-state index is 0.339. The summed E-state index contributed by atoms with van der Waals surface area (Å²) in [5, 5.41) is 4.32. The lowest BCUT2D eigenvalue weighted by molar-refractivity contribution is 0.201. The number of nitrogens with zero attached hydrogens (tertiary/aromatic N) is 3. The molecular formula is C12H22N4. The summed E-state index contributed by atoms with van der Waals surface area (Å²) in [4.78, 5) is 2.52. The Morgan fingerprint density at radius 1 is 1.62 bits per heavy atom. The summed E-state index contributed by atoms with van der Waals surface area (Å²) in [6.45, 7) is 6.08. The second-order valence-electron chi connectivity index (χ2n) is 4.62. The van der Waals surface area contributed by atoms with Crippen molar-refractivity contribution in [3.8, 4) is 0 Å². The molecule has 0 bridgehead atoms. The van der Waals surface area contributed by atoms with Crippen LogP contribution >= 0.6 is 0 Å². The van der Waals surface area contributed by atoms with Gasteiger partial charge in [0, 0.05) is 30.9 Å². The minimum Gasteiger partial charge on any atom is -0.329 e. The largest absolute Gasteiger partial charge is 0.329 e. The molecule has 4 heteroatoms. The van der Waals surface area contributed by atoms with Crippen LogP contribution in [0.25, 0.3) is 0 Å². The first kappa shape index (κ1) is 11.6. The molecule has 1 heterocycles. The predicted octanol–water partition coefficient (Wildman–Crippen LogP) is 1.21. The van der Waals surface area contributed by atoms with Crippen LogP contribution in [0.2, 0.25) is 0 Å². The molecule has 16 heavy (non-hydrogen) atoms. The SMILES string of the molecule is CCN(C1CC1)C(CN)c1cnn(C)c1C. The van der Waals surface area contributed by atoms with Gasteiger partial charge in [0.05, 0.1) is 12.2 Å². The Hall–Kier alpha value is -0.870. The van der Waals surface area contributed by atoms with Crippen LogP contribution in [0.15, 0.2) is 6.20 Å². The van der Waals surface area contributed by atoms with Gasteiger partial charge in [-0.05, 0) is 26.3 Å². The molecule has 1 atom stereocenters. The summed E-state index contributed by atoms with van der Waals surface area (Å²) in [5.74, 6) is 0. The highest BCUT2D eigenvalue weighted by Gasteiger charge is 2.34. The van der Waals surface area contributed by atoms with Gasteiger partial charge in [0.25, 0.3) is 0 Å². The first-order valence-corrected chi connectivity index (χ1v) is 6.13. The monoisotopic (exact) mass is 222 g/mol. The van der Waals surface area contributed by atoms with Gasteiger partial charge in [-0.2, -0.15) is 5.10 Å². The van der Waals surface area contributed by atoms with Crippen LogP contribution in [0.4, 0.5) is 0 Å². The smallest absolute Gasteiger partial charge is 0.0540 e. The standard InChI is InChI=1S/C12H22N4/c1-4-16(10-5-6-10)12(7-13)11-8-14-15(3)9(11)2/h8,10,12H,4-7,13H2,1-3H3. The van der Waals surface area contributed by atoms with E-state index in [9.17, 15) is 0 Å². The van der Waals surface area contributed by atoms with Gasteiger partial charge < -0.3 is 5.73 Å². The molecule has 2 N–H and O–H groups in total. The van der Waals surface area contributed by atoms with E-state index in [0.29, 0.717) is 12.6 Å². The van der Waals surface area contributed by atoms with E-state index in [-0.39, 0.29) is 0 Å². The van der Waals surface area contributed by atoms with E-state index in [1.165, 1.54) is 24.1 Å². The fourth-order valence-electron chi connectivity index (χ4n) is 2.42. The zero-order chi connectivity index (χ0) is 11.7. The average Bonchev–Trinajstić information content (AvgIpc) is 3.06.